The molecule has 0 radical (unpaired) electrons. The van der Waals surface area contributed by atoms with Gasteiger partial charge in [0.2, 0.25) is 0 Å². The fraction of sp³-hybridized carbons (Fsp3) is 1.00. The maximum Gasteiger partial charge on any atom is 0.0623 e. The topological polar surface area (TPSA) is 35.5 Å². The molecular formula is C16H32N2O. The number of piperidine rings is 1. The van der Waals surface area contributed by atoms with Crippen LogP contribution in [0.15, 0.2) is 0 Å². The summed E-state index contributed by atoms with van der Waals surface area (Å²) in [6.45, 7) is 8.83. The highest BCUT2D eigenvalue weighted by atomic mass is 16.3. The summed E-state index contributed by atoms with van der Waals surface area (Å²) in [5.74, 6) is 0. The molecule has 3 nitrogen and oxygen atoms in total. The second-order valence-electron chi connectivity index (χ2n) is 7.09. The molecule has 1 saturated carbocycles. The minimum atomic E-state index is -0.133. The highest BCUT2D eigenvalue weighted by Crippen LogP contribution is 2.44. The van der Waals surface area contributed by atoms with E-state index in [9.17, 15) is 5.11 Å². The summed E-state index contributed by atoms with van der Waals surface area (Å²) >= 11 is 0. The van der Waals surface area contributed by atoms with Crippen LogP contribution < -0.4 is 5.32 Å². The SMILES string of the molecule is CCNC(C)(CO)CN1CCC2(CCCCC2)CC1. The third kappa shape index (κ3) is 3.93. The largest absolute Gasteiger partial charge is 0.394 e. The third-order valence-electron chi connectivity index (χ3n) is 5.36. The number of aliphatic hydroxyl groups is 1. The average molecular weight is 268 g/mol. The van der Waals surface area contributed by atoms with Crippen molar-refractivity contribution in [3.63, 3.8) is 0 Å². The smallest absolute Gasteiger partial charge is 0.0623 e. The van der Waals surface area contributed by atoms with Crippen LogP contribution in [0.25, 0.3) is 0 Å². The van der Waals surface area contributed by atoms with Gasteiger partial charge in [-0.15, -0.1) is 0 Å². The molecule has 0 aromatic heterocycles. The summed E-state index contributed by atoms with van der Waals surface area (Å²) in [4.78, 5) is 2.55. The van der Waals surface area contributed by atoms with Gasteiger partial charge in [0.1, 0.15) is 0 Å². The van der Waals surface area contributed by atoms with Gasteiger partial charge in [0, 0.05) is 6.54 Å². The van der Waals surface area contributed by atoms with Crippen molar-refractivity contribution in [2.45, 2.75) is 64.3 Å². The molecule has 0 bridgehead atoms. The highest BCUT2D eigenvalue weighted by molar-refractivity contribution is 4.92. The summed E-state index contributed by atoms with van der Waals surface area (Å²) < 4.78 is 0. The molecule has 0 aromatic carbocycles. The number of hydrogen-bond acceptors (Lipinski definition) is 3. The van der Waals surface area contributed by atoms with Gasteiger partial charge in [-0.2, -0.15) is 0 Å². The minimum absolute atomic E-state index is 0.133. The molecule has 1 unspecified atom stereocenters. The molecule has 2 N–H and O–H groups in total. The molecule has 1 aliphatic carbocycles. The number of likely N-dealkylation sites (N-methyl/N-ethyl adjacent to an activating group) is 1. The standard InChI is InChI=1S/C16H32N2O/c1-3-17-15(2,14-19)13-18-11-9-16(10-12-18)7-5-4-6-8-16/h17,19H,3-14H2,1-2H3. The Kier molecular flexibility index (Phi) is 5.27. The van der Waals surface area contributed by atoms with E-state index in [0.29, 0.717) is 5.41 Å². The van der Waals surface area contributed by atoms with Crippen LogP contribution in [0, 0.1) is 5.41 Å². The first kappa shape index (κ1) is 15.3. The van der Waals surface area contributed by atoms with Crippen molar-refractivity contribution in [1.82, 2.24) is 10.2 Å². The predicted octanol–water partition coefficient (Wildman–Crippen LogP) is 2.39. The molecule has 1 heterocycles. The Bertz CT molecular complexity index is 266. The van der Waals surface area contributed by atoms with Crippen LogP contribution in [0.3, 0.4) is 0 Å². The van der Waals surface area contributed by atoms with Crippen molar-refractivity contribution in [3.05, 3.63) is 0 Å². The Hall–Kier alpha value is -0.120. The molecule has 1 atom stereocenters. The molecule has 2 aliphatic rings. The third-order valence-corrected chi connectivity index (χ3v) is 5.36. The molecule has 1 saturated heterocycles. The molecule has 1 aliphatic heterocycles. The van der Waals surface area contributed by atoms with Crippen molar-refractivity contribution >= 4 is 0 Å². The van der Waals surface area contributed by atoms with Crippen LogP contribution in [0.1, 0.15) is 58.8 Å². The fourth-order valence-corrected chi connectivity index (χ4v) is 4.07. The highest BCUT2D eigenvalue weighted by Gasteiger charge is 2.37. The van der Waals surface area contributed by atoms with E-state index >= 15 is 0 Å². The number of aliphatic hydroxyl groups excluding tert-OH is 1. The van der Waals surface area contributed by atoms with Gasteiger partial charge in [0.05, 0.1) is 12.1 Å². The number of nitrogens with one attached hydrogen (secondary N) is 1. The first-order valence-corrected chi connectivity index (χ1v) is 8.20. The van der Waals surface area contributed by atoms with Crippen molar-refractivity contribution < 1.29 is 5.11 Å². The lowest BCUT2D eigenvalue weighted by molar-refractivity contribution is 0.0423. The first-order valence-electron chi connectivity index (χ1n) is 8.20. The van der Waals surface area contributed by atoms with Gasteiger partial charge >= 0.3 is 0 Å². The summed E-state index contributed by atoms with van der Waals surface area (Å²) in [6.07, 6.45) is 10.0. The van der Waals surface area contributed by atoms with Crippen LogP contribution in [-0.4, -0.2) is 48.3 Å². The molecule has 2 rings (SSSR count). The van der Waals surface area contributed by atoms with E-state index < -0.39 is 0 Å². The summed E-state index contributed by atoms with van der Waals surface area (Å²) in [7, 11) is 0. The molecule has 112 valence electrons. The van der Waals surface area contributed by atoms with Crippen LogP contribution in [0.5, 0.6) is 0 Å². The Labute approximate surface area is 118 Å². The van der Waals surface area contributed by atoms with E-state index in [0.717, 1.165) is 13.1 Å². The maximum absolute atomic E-state index is 9.60. The lowest BCUT2D eigenvalue weighted by Crippen LogP contribution is -2.56. The van der Waals surface area contributed by atoms with Crippen LogP contribution in [0.4, 0.5) is 0 Å². The molecule has 0 amide bonds. The number of rotatable bonds is 5. The zero-order chi connectivity index (χ0) is 13.8. The van der Waals surface area contributed by atoms with E-state index in [1.807, 2.05) is 0 Å². The Morgan fingerprint density at radius 2 is 1.74 bits per heavy atom. The van der Waals surface area contributed by atoms with E-state index in [-0.39, 0.29) is 12.1 Å². The maximum atomic E-state index is 9.60. The number of likely N-dealkylation sites (tertiary alicyclic amines) is 1. The van der Waals surface area contributed by atoms with Gasteiger partial charge in [0.15, 0.2) is 0 Å². The van der Waals surface area contributed by atoms with Crippen molar-refractivity contribution in [2.24, 2.45) is 5.41 Å². The summed E-state index contributed by atoms with van der Waals surface area (Å²) in [5, 5.41) is 13.0. The zero-order valence-corrected chi connectivity index (χ0v) is 12.9. The van der Waals surface area contributed by atoms with Gasteiger partial charge in [-0.1, -0.05) is 26.2 Å². The predicted molar refractivity (Wildman–Crippen MR) is 80.4 cm³/mol. The molecule has 2 fully saturated rings. The number of nitrogens with zero attached hydrogens (tertiary/aromatic N) is 1. The molecule has 3 heteroatoms. The van der Waals surface area contributed by atoms with Crippen LogP contribution in [-0.2, 0) is 0 Å². The van der Waals surface area contributed by atoms with Crippen molar-refractivity contribution in [1.29, 1.82) is 0 Å². The lowest BCUT2D eigenvalue weighted by atomic mass is 9.68. The Morgan fingerprint density at radius 1 is 1.11 bits per heavy atom. The fourth-order valence-electron chi connectivity index (χ4n) is 4.07. The quantitative estimate of drug-likeness (QED) is 0.804. The van der Waals surface area contributed by atoms with Gasteiger partial charge in [-0.3, -0.25) is 0 Å². The average Bonchev–Trinajstić information content (AvgIpc) is 2.43. The second-order valence-corrected chi connectivity index (χ2v) is 7.09. The minimum Gasteiger partial charge on any atom is -0.394 e. The molecule has 1 spiro atoms. The number of hydrogen-bond donors (Lipinski definition) is 2. The van der Waals surface area contributed by atoms with E-state index in [1.165, 1.54) is 58.0 Å². The monoisotopic (exact) mass is 268 g/mol. The molecular weight excluding hydrogens is 236 g/mol. The van der Waals surface area contributed by atoms with Gasteiger partial charge in [-0.25, -0.2) is 0 Å². The van der Waals surface area contributed by atoms with Crippen molar-refractivity contribution in [3.8, 4) is 0 Å². The zero-order valence-electron chi connectivity index (χ0n) is 12.9. The van der Waals surface area contributed by atoms with Gasteiger partial charge in [-0.05, 0) is 57.7 Å². The normalized spacial score (nSPS) is 27.3. The van der Waals surface area contributed by atoms with E-state index in [1.54, 1.807) is 0 Å². The summed E-state index contributed by atoms with van der Waals surface area (Å²) in [6, 6.07) is 0. The Balaban J connectivity index is 1.82. The molecule has 19 heavy (non-hydrogen) atoms. The lowest BCUT2D eigenvalue weighted by Gasteiger charge is -2.46. The molecule has 0 aromatic rings. The second kappa shape index (κ2) is 6.55. The van der Waals surface area contributed by atoms with Gasteiger partial charge < -0.3 is 15.3 Å². The van der Waals surface area contributed by atoms with Gasteiger partial charge in [0.25, 0.3) is 0 Å². The van der Waals surface area contributed by atoms with Crippen LogP contribution in [0.2, 0.25) is 0 Å². The van der Waals surface area contributed by atoms with Crippen molar-refractivity contribution in [2.75, 3.05) is 32.8 Å². The summed E-state index contributed by atoms with van der Waals surface area (Å²) in [5.41, 5.74) is 0.550. The Morgan fingerprint density at radius 3 is 2.26 bits per heavy atom. The van der Waals surface area contributed by atoms with E-state index in [2.05, 4.69) is 24.1 Å². The first-order chi connectivity index (χ1) is 9.11. The van der Waals surface area contributed by atoms with E-state index in [4.69, 9.17) is 0 Å². The van der Waals surface area contributed by atoms with Crippen LogP contribution >= 0.6 is 0 Å².